The number of rotatable bonds is 5. The summed E-state index contributed by atoms with van der Waals surface area (Å²) in [6.45, 7) is 2.17. The Bertz CT molecular complexity index is 1350. The Kier molecular flexibility index (Phi) is 6.11. The third-order valence-electron chi connectivity index (χ3n) is 6.55. The average molecular weight is 459 g/mol. The van der Waals surface area contributed by atoms with Crippen molar-refractivity contribution in [3.63, 3.8) is 0 Å². The van der Waals surface area contributed by atoms with Crippen LogP contribution < -0.4 is 5.32 Å². The molecule has 1 aliphatic carbocycles. The van der Waals surface area contributed by atoms with Gasteiger partial charge in [-0.15, -0.1) is 0 Å². The minimum atomic E-state index is -0.532. The highest BCUT2D eigenvalue weighted by Gasteiger charge is 2.26. The molecule has 174 valence electrons. The molecule has 0 aliphatic heterocycles. The maximum Gasteiger partial charge on any atom is 0.255 e. The number of aliphatic hydroxyl groups is 1. The molecular formula is C27H27FN4O2. The van der Waals surface area contributed by atoms with Crippen LogP contribution in [-0.4, -0.2) is 37.7 Å². The summed E-state index contributed by atoms with van der Waals surface area (Å²) < 4.78 is 16.9. The number of halogens is 1. The third kappa shape index (κ3) is 4.43. The highest BCUT2D eigenvalue weighted by molar-refractivity contribution is 6.05. The largest absolute Gasteiger partial charge is 0.391 e. The van der Waals surface area contributed by atoms with Crippen molar-refractivity contribution in [1.29, 1.82) is 0 Å². The van der Waals surface area contributed by atoms with Crippen molar-refractivity contribution in [2.75, 3.05) is 0 Å². The minimum Gasteiger partial charge on any atom is -0.391 e. The molecule has 1 aromatic carbocycles. The zero-order chi connectivity index (χ0) is 23.7. The second-order valence-corrected chi connectivity index (χ2v) is 8.97. The fourth-order valence-electron chi connectivity index (χ4n) is 4.71. The van der Waals surface area contributed by atoms with E-state index in [-0.39, 0.29) is 24.3 Å². The maximum atomic E-state index is 15.1. The smallest absolute Gasteiger partial charge is 0.255 e. The molecular weight excluding hydrogens is 431 g/mol. The highest BCUT2D eigenvalue weighted by Crippen LogP contribution is 2.26. The standard InChI is InChI=1S/C27H27FN4O2/c1-17-13-19(10-12-29-17)18-8-9-20(22(28)14-18)15-32-16-21(26-24(32)6-4-11-30-26)27(34)31-23-5-2-3-7-25(23)33/h4,6,8-14,16,23,25,33H,2-3,5,7,15H2,1H3,(H,31,34). The normalized spacial score (nSPS) is 18.2. The van der Waals surface area contributed by atoms with Gasteiger partial charge in [-0.3, -0.25) is 14.8 Å². The van der Waals surface area contributed by atoms with Crippen LogP contribution in [0.5, 0.6) is 0 Å². The number of aryl methyl sites for hydroxylation is 1. The molecule has 0 radical (unpaired) electrons. The lowest BCUT2D eigenvalue weighted by atomic mass is 9.92. The lowest BCUT2D eigenvalue weighted by Crippen LogP contribution is -2.45. The fraction of sp³-hybridized carbons (Fsp3) is 0.296. The Hall–Kier alpha value is -3.58. The van der Waals surface area contributed by atoms with Crippen molar-refractivity contribution < 1.29 is 14.3 Å². The number of pyridine rings is 2. The molecule has 0 spiro atoms. The van der Waals surface area contributed by atoms with Crippen LogP contribution in [0.15, 0.2) is 61.1 Å². The summed E-state index contributed by atoms with van der Waals surface area (Å²) in [6, 6.07) is 12.4. The summed E-state index contributed by atoms with van der Waals surface area (Å²) in [7, 11) is 0. The molecule has 1 fully saturated rings. The molecule has 3 heterocycles. The van der Waals surface area contributed by atoms with Crippen LogP contribution in [0.4, 0.5) is 4.39 Å². The van der Waals surface area contributed by atoms with E-state index in [4.69, 9.17) is 0 Å². The van der Waals surface area contributed by atoms with E-state index in [9.17, 15) is 9.90 Å². The maximum absolute atomic E-state index is 15.1. The summed E-state index contributed by atoms with van der Waals surface area (Å²) in [4.78, 5) is 21.7. The number of aromatic nitrogens is 3. The van der Waals surface area contributed by atoms with Crippen LogP contribution in [0.25, 0.3) is 22.2 Å². The monoisotopic (exact) mass is 458 g/mol. The van der Waals surface area contributed by atoms with Gasteiger partial charge in [-0.2, -0.15) is 0 Å². The van der Waals surface area contributed by atoms with Crippen LogP contribution in [0.3, 0.4) is 0 Å². The van der Waals surface area contributed by atoms with Crippen molar-refractivity contribution >= 4 is 16.9 Å². The third-order valence-corrected chi connectivity index (χ3v) is 6.55. The predicted octanol–water partition coefficient (Wildman–Crippen LogP) is 4.63. The molecule has 2 N–H and O–H groups in total. The zero-order valence-corrected chi connectivity index (χ0v) is 19.0. The van der Waals surface area contributed by atoms with Gasteiger partial charge in [0.15, 0.2) is 0 Å². The Morgan fingerprint density at radius 3 is 2.74 bits per heavy atom. The van der Waals surface area contributed by atoms with Gasteiger partial charge >= 0.3 is 0 Å². The number of carbonyl (C=O) groups is 1. The molecule has 1 saturated carbocycles. The molecule has 3 aromatic heterocycles. The van der Waals surface area contributed by atoms with E-state index in [1.165, 1.54) is 6.07 Å². The number of fused-ring (bicyclic) bond motifs is 1. The number of hydrogen-bond acceptors (Lipinski definition) is 4. The van der Waals surface area contributed by atoms with Gasteiger partial charge in [0.1, 0.15) is 11.3 Å². The van der Waals surface area contributed by atoms with Crippen LogP contribution in [-0.2, 0) is 6.54 Å². The summed E-state index contributed by atoms with van der Waals surface area (Å²) in [5, 5.41) is 13.2. The van der Waals surface area contributed by atoms with Gasteiger partial charge in [-0.25, -0.2) is 4.39 Å². The first-order valence-corrected chi connectivity index (χ1v) is 11.6. The van der Waals surface area contributed by atoms with E-state index in [2.05, 4.69) is 15.3 Å². The van der Waals surface area contributed by atoms with Gasteiger partial charge in [-0.1, -0.05) is 25.0 Å². The number of aliphatic hydroxyl groups excluding tert-OH is 1. The zero-order valence-electron chi connectivity index (χ0n) is 19.0. The highest BCUT2D eigenvalue weighted by atomic mass is 19.1. The Morgan fingerprint density at radius 2 is 1.94 bits per heavy atom. The van der Waals surface area contributed by atoms with Gasteiger partial charge in [0.2, 0.25) is 0 Å². The molecule has 2 unspecified atom stereocenters. The summed E-state index contributed by atoms with van der Waals surface area (Å²) in [5.41, 5.74) is 4.84. The van der Waals surface area contributed by atoms with E-state index in [0.717, 1.165) is 41.6 Å². The molecule has 34 heavy (non-hydrogen) atoms. The van der Waals surface area contributed by atoms with Gasteiger partial charge in [0.05, 0.1) is 29.8 Å². The van der Waals surface area contributed by atoms with Crippen LogP contribution in [0.1, 0.15) is 47.3 Å². The molecule has 1 amide bonds. The lowest BCUT2D eigenvalue weighted by Gasteiger charge is -2.28. The van der Waals surface area contributed by atoms with Crippen molar-refractivity contribution in [3.05, 3.63) is 83.7 Å². The molecule has 2 atom stereocenters. The number of benzene rings is 1. The molecule has 4 aromatic rings. The van der Waals surface area contributed by atoms with E-state index in [1.54, 1.807) is 30.7 Å². The second-order valence-electron chi connectivity index (χ2n) is 8.97. The molecule has 0 bridgehead atoms. The fourth-order valence-corrected chi connectivity index (χ4v) is 4.71. The lowest BCUT2D eigenvalue weighted by molar-refractivity contribution is 0.0718. The van der Waals surface area contributed by atoms with E-state index < -0.39 is 6.10 Å². The first-order chi connectivity index (χ1) is 16.5. The van der Waals surface area contributed by atoms with Gasteiger partial charge < -0.3 is 15.0 Å². The van der Waals surface area contributed by atoms with E-state index >= 15 is 4.39 Å². The Balaban J connectivity index is 1.43. The molecule has 1 aliphatic rings. The topological polar surface area (TPSA) is 80.0 Å². The van der Waals surface area contributed by atoms with E-state index in [1.807, 2.05) is 35.8 Å². The predicted molar refractivity (Wildman–Crippen MR) is 129 cm³/mol. The minimum absolute atomic E-state index is 0.259. The first kappa shape index (κ1) is 22.2. The second kappa shape index (κ2) is 9.35. The number of nitrogens with one attached hydrogen (secondary N) is 1. The molecule has 0 saturated heterocycles. The first-order valence-electron chi connectivity index (χ1n) is 11.6. The Labute approximate surface area is 197 Å². The molecule has 7 heteroatoms. The number of carbonyl (C=O) groups excluding carboxylic acids is 1. The van der Waals surface area contributed by atoms with Crippen LogP contribution >= 0.6 is 0 Å². The molecule has 5 rings (SSSR count). The number of hydrogen-bond donors (Lipinski definition) is 2. The molecule has 6 nitrogen and oxygen atoms in total. The van der Waals surface area contributed by atoms with Crippen LogP contribution in [0.2, 0.25) is 0 Å². The van der Waals surface area contributed by atoms with Crippen molar-refractivity contribution in [2.45, 2.75) is 51.3 Å². The van der Waals surface area contributed by atoms with Crippen molar-refractivity contribution in [1.82, 2.24) is 19.9 Å². The quantitative estimate of drug-likeness (QED) is 0.457. The summed E-state index contributed by atoms with van der Waals surface area (Å²) in [6.07, 6.45) is 7.96. The van der Waals surface area contributed by atoms with Gasteiger partial charge in [-0.05, 0) is 61.2 Å². The average Bonchev–Trinajstić information content (AvgIpc) is 3.20. The summed E-state index contributed by atoms with van der Waals surface area (Å²) in [5.74, 6) is -0.577. The summed E-state index contributed by atoms with van der Waals surface area (Å²) >= 11 is 0. The number of nitrogens with zero attached hydrogens (tertiary/aromatic N) is 3. The SMILES string of the molecule is Cc1cc(-c2ccc(Cn3cc(C(=O)NC4CCCCC4O)c4ncccc43)c(F)c2)ccn1. The van der Waals surface area contributed by atoms with E-state index in [0.29, 0.717) is 23.1 Å². The number of amides is 1. The van der Waals surface area contributed by atoms with Crippen molar-refractivity contribution in [2.24, 2.45) is 0 Å². The van der Waals surface area contributed by atoms with Gasteiger partial charge in [0.25, 0.3) is 5.91 Å². The van der Waals surface area contributed by atoms with Gasteiger partial charge in [0, 0.05) is 29.8 Å². The van der Waals surface area contributed by atoms with Crippen molar-refractivity contribution in [3.8, 4) is 11.1 Å². The van der Waals surface area contributed by atoms with Crippen LogP contribution in [0, 0.1) is 12.7 Å². The Morgan fingerprint density at radius 1 is 1.12 bits per heavy atom.